The Balaban J connectivity index is 2.65. The zero-order valence-corrected chi connectivity index (χ0v) is 13.7. The first-order valence-corrected chi connectivity index (χ1v) is 8.25. The van der Waals surface area contributed by atoms with Crippen molar-refractivity contribution in [2.24, 2.45) is 0 Å². The van der Waals surface area contributed by atoms with Crippen LogP contribution in [0.5, 0.6) is 5.88 Å². The van der Waals surface area contributed by atoms with Gasteiger partial charge < -0.3 is 15.8 Å². The Morgan fingerprint density at radius 1 is 1.00 bits per heavy atom. The topological polar surface area (TPSA) is 73.1 Å². The number of nitrogens with one attached hydrogen (secondary N) is 1. The van der Waals surface area contributed by atoms with Crippen LogP contribution in [0, 0.1) is 0 Å². The van der Waals surface area contributed by atoms with Crippen molar-refractivity contribution in [2.75, 3.05) is 24.2 Å². The summed E-state index contributed by atoms with van der Waals surface area (Å²) in [4.78, 5) is 8.85. The maximum atomic E-state index is 6.12. The molecule has 0 amide bonds. The first-order valence-electron chi connectivity index (χ1n) is 8.25. The Morgan fingerprint density at radius 3 is 2.43 bits per heavy atom. The zero-order chi connectivity index (χ0) is 15.5. The fraction of sp³-hybridized carbons (Fsp3) is 0.750. The predicted octanol–water partition coefficient (Wildman–Crippen LogP) is 3.79. The Bertz CT molecular complexity index is 410. The summed E-state index contributed by atoms with van der Waals surface area (Å²) in [6.45, 7) is 7.92. The van der Waals surface area contributed by atoms with Crippen LogP contribution in [-0.4, -0.2) is 23.1 Å². The standard InChI is InChI=1S/C16H30N4O/c1-4-7-9-10-11-18-15-14(17)16(21-12-8-5-2)20-13(6-3)19-15/h4-12,17H2,1-3H3,(H,18,19,20). The molecule has 0 aliphatic carbocycles. The van der Waals surface area contributed by atoms with E-state index in [2.05, 4.69) is 29.1 Å². The molecule has 0 radical (unpaired) electrons. The average molecular weight is 294 g/mol. The van der Waals surface area contributed by atoms with Crippen molar-refractivity contribution < 1.29 is 4.74 Å². The van der Waals surface area contributed by atoms with E-state index in [9.17, 15) is 0 Å². The van der Waals surface area contributed by atoms with Crippen molar-refractivity contribution >= 4 is 11.5 Å². The van der Waals surface area contributed by atoms with Gasteiger partial charge in [0.15, 0.2) is 5.82 Å². The fourth-order valence-electron chi connectivity index (χ4n) is 1.97. The van der Waals surface area contributed by atoms with Crippen molar-refractivity contribution in [1.82, 2.24) is 9.97 Å². The molecule has 1 aromatic heterocycles. The molecule has 0 unspecified atom stereocenters. The van der Waals surface area contributed by atoms with E-state index in [1.165, 1.54) is 19.3 Å². The number of unbranched alkanes of at least 4 members (excludes halogenated alkanes) is 4. The van der Waals surface area contributed by atoms with Crippen LogP contribution >= 0.6 is 0 Å². The van der Waals surface area contributed by atoms with E-state index in [1.807, 2.05) is 6.92 Å². The minimum absolute atomic E-state index is 0.520. The number of ether oxygens (including phenoxy) is 1. The second-order valence-corrected chi connectivity index (χ2v) is 5.25. The molecule has 0 spiro atoms. The quantitative estimate of drug-likeness (QED) is 0.607. The smallest absolute Gasteiger partial charge is 0.242 e. The number of hydrogen-bond acceptors (Lipinski definition) is 5. The van der Waals surface area contributed by atoms with Crippen molar-refractivity contribution in [3.63, 3.8) is 0 Å². The first-order chi connectivity index (χ1) is 10.2. The minimum Gasteiger partial charge on any atom is -0.476 e. The summed E-state index contributed by atoms with van der Waals surface area (Å²) in [6, 6.07) is 0. The third-order valence-corrected chi connectivity index (χ3v) is 3.33. The van der Waals surface area contributed by atoms with Crippen LogP contribution in [0.25, 0.3) is 0 Å². The third kappa shape index (κ3) is 6.19. The van der Waals surface area contributed by atoms with E-state index in [0.29, 0.717) is 24.0 Å². The van der Waals surface area contributed by atoms with Gasteiger partial charge >= 0.3 is 0 Å². The summed E-state index contributed by atoms with van der Waals surface area (Å²) in [6.07, 6.45) is 7.74. The average Bonchev–Trinajstić information content (AvgIpc) is 2.50. The highest BCUT2D eigenvalue weighted by Gasteiger charge is 2.12. The van der Waals surface area contributed by atoms with Gasteiger partial charge in [-0.25, -0.2) is 4.98 Å². The maximum absolute atomic E-state index is 6.12. The van der Waals surface area contributed by atoms with Gasteiger partial charge in [0, 0.05) is 13.0 Å². The zero-order valence-electron chi connectivity index (χ0n) is 13.7. The molecule has 1 aromatic rings. The van der Waals surface area contributed by atoms with Gasteiger partial charge in [0.25, 0.3) is 0 Å². The molecule has 120 valence electrons. The number of aromatic nitrogens is 2. The Kier molecular flexibility index (Phi) is 8.55. The van der Waals surface area contributed by atoms with Gasteiger partial charge in [-0.2, -0.15) is 4.98 Å². The molecule has 0 saturated carbocycles. The maximum Gasteiger partial charge on any atom is 0.242 e. The van der Waals surface area contributed by atoms with Crippen LogP contribution in [0.4, 0.5) is 11.5 Å². The molecule has 5 nitrogen and oxygen atoms in total. The van der Waals surface area contributed by atoms with Gasteiger partial charge in [-0.3, -0.25) is 0 Å². The molecule has 0 bridgehead atoms. The molecule has 21 heavy (non-hydrogen) atoms. The van der Waals surface area contributed by atoms with E-state index >= 15 is 0 Å². The lowest BCUT2D eigenvalue weighted by Crippen LogP contribution is -2.12. The van der Waals surface area contributed by atoms with Crippen molar-refractivity contribution in [3.8, 4) is 5.88 Å². The lowest BCUT2D eigenvalue weighted by Gasteiger charge is -2.13. The molecule has 0 fully saturated rings. The number of hydrogen-bond donors (Lipinski definition) is 2. The number of anilines is 2. The highest BCUT2D eigenvalue weighted by atomic mass is 16.5. The molecule has 0 atom stereocenters. The minimum atomic E-state index is 0.520. The number of rotatable bonds is 11. The predicted molar refractivity (Wildman–Crippen MR) is 88.9 cm³/mol. The summed E-state index contributed by atoms with van der Waals surface area (Å²) < 4.78 is 5.69. The Hall–Kier alpha value is -1.52. The summed E-state index contributed by atoms with van der Waals surface area (Å²) in [5, 5.41) is 3.32. The molecular formula is C16H30N4O. The lowest BCUT2D eigenvalue weighted by atomic mass is 10.2. The molecule has 3 N–H and O–H groups in total. The van der Waals surface area contributed by atoms with Crippen molar-refractivity contribution in [2.45, 2.75) is 65.7 Å². The third-order valence-electron chi connectivity index (χ3n) is 3.33. The number of nitrogens with zero attached hydrogens (tertiary/aromatic N) is 2. The van der Waals surface area contributed by atoms with Gasteiger partial charge in [0.1, 0.15) is 11.5 Å². The molecule has 1 rings (SSSR count). The van der Waals surface area contributed by atoms with Gasteiger partial charge in [0.05, 0.1) is 6.61 Å². The van der Waals surface area contributed by atoms with E-state index < -0.39 is 0 Å². The monoisotopic (exact) mass is 294 g/mol. The second kappa shape index (κ2) is 10.2. The van der Waals surface area contributed by atoms with Crippen molar-refractivity contribution in [3.05, 3.63) is 5.82 Å². The highest BCUT2D eigenvalue weighted by molar-refractivity contribution is 5.66. The van der Waals surface area contributed by atoms with Gasteiger partial charge in [-0.05, 0) is 12.8 Å². The first kappa shape index (κ1) is 17.5. The molecule has 0 saturated heterocycles. The molecular weight excluding hydrogens is 264 g/mol. The van der Waals surface area contributed by atoms with Crippen LogP contribution in [0.1, 0.15) is 65.1 Å². The van der Waals surface area contributed by atoms with Crippen LogP contribution in [0.2, 0.25) is 0 Å². The van der Waals surface area contributed by atoms with Crippen LogP contribution < -0.4 is 15.8 Å². The molecule has 0 aliphatic heterocycles. The van der Waals surface area contributed by atoms with Gasteiger partial charge in [-0.1, -0.05) is 46.5 Å². The SMILES string of the molecule is CCCCCCNc1nc(CC)nc(OCCCC)c1N. The van der Waals surface area contributed by atoms with Crippen molar-refractivity contribution in [1.29, 1.82) is 0 Å². The normalized spacial score (nSPS) is 10.6. The number of nitrogens with two attached hydrogens (primary N) is 1. The summed E-state index contributed by atoms with van der Waals surface area (Å²) in [5.41, 5.74) is 6.64. The van der Waals surface area contributed by atoms with E-state index in [1.54, 1.807) is 0 Å². The summed E-state index contributed by atoms with van der Waals surface area (Å²) >= 11 is 0. The van der Waals surface area contributed by atoms with Crippen LogP contribution in [0.3, 0.4) is 0 Å². The number of nitrogen functional groups attached to an aromatic ring is 1. The summed E-state index contributed by atoms with van der Waals surface area (Å²) in [5.74, 6) is 2.00. The molecule has 0 aromatic carbocycles. The largest absolute Gasteiger partial charge is 0.476 e. The van der Waals surface area contributed by atoms with Crippen LogP contribution in [-0.2, 0) is 6.42 Å². The van der Waals surface area contributed by atoms with E-state index in [-0.39, 0.29) is 0 Å². The Labute approximate surface area is 128 Å². The van der Waals surface area contributed by atoms with Gasteiger partial charge in [-0.15, -0.1) is 0 Å². The summed E-state index contributed by atoms with van der Waals surface area (Å²) in [7, 11) is 0. The molecule has 1 heterocycles. The van der Waals surface area contributed by atoms with E-state index in [0.717, 1.165) is 38.1 Å². The van der Waals surface area contributed by atoms with E-state index in [4.69, 9.17) is 10.5 Å². The fourth-order valence-corrected chi connectivity index (χ4v) is 1.97. The van der Waals surface area contributed by atoms with Crippen LogP contribution in [0.15, 0.2) is 0 Å². The highest BCUT2D eigenvalue weighted by Crippen LogP contribution is 2.26. The van der Waals surface area contributed by atoms with Gasteiger partial charge in [0.2, 0.25) is 5.88 Å². The molecule has 5 heteroatoms. The number of aryl methyl sites for hydroxylation is 1. The second-order valence-electron chi connectivity index (χ2n) is 5.25. The Morgan fingerprint density at radius 2 is 1.76 bits per heavy atom. The molecule has 0 aliphatic rings. The lowest BCUT2D eigenvalue weighted by molar-refractivity contribution is 0.298.